The Balaban J connectivity index is 1.60. The number of benzene rings is 2. The number of carbonyl (C=O) groups excluding carboxylic acids is 2. The minimum atomic E-state index is -0.247. The van der Waals surface area contributed by atoms with Crippen LogP contribution in [-0.4, -0.2) is 32.6 Å². The highest BCUT2D eigenvalue weighted by Gasteiger charge is 2.21. The first-order chi connectivity index (χ1) is 12.1. The maximum absolute atomic E-state index is 12.1. The van der Waals surface area contributed by atoms with Gasteiger partial charge in [-0.05, 0) is 42.3 Å². The van der Waals surface area contributed by atoms with Gasteiger partial charge in [-0.1, -0.05) is 6.07 Å². The SMILES string of the molecule is COc1cccc(OCC(=O)Nc2ccc3c(c2)CCC(=O)N3C)c1. The first-order valence-electron chi connectivity index (χ1n) is 8.03. The van der Waals surface area contributed by atoms with Crippen LogP contribution in [0, 0.1) is 0 Å². The van der Waals surface area contributed by atoms with Crippen molar-refractivity contribution in [3.8, 4) is 11.5 Å². The number of nitrogens with zero attached hydrogens (tertiary/aromatic N) is 1. The molecule has 1 N–H and O–H groups in total. The lowest BCUT2D eigenvalue weighted by Crippen LogP contribution is -2.31. The zero-order valence-corrected chi connectivity index (χ0v) is 14.2. The molecule has 0 saturated carbocycles. The number of aryl methyl sites for hydroxylation is 1. The Hall–Kier alpha value is -3.02. The molecule has 1 aliphatic rings. The predicted octanol–water partition coefficient (Wildman–Crippen LogP) is 2.62. The Labute approximate surface area is 146 Å². The van der Waals surface area contributed by atoms with Crippen LogP contribution in [0.5, 0.6) is 11.5 Å². The van der Waals surface area contributed by atoms with Crippen LogP contribution in [0.3, 0.4) is 0 Å². The third-order valence-electron chi connectivity index (χ3n) is 4.12. The number of ether oxygens (including phenoxy) is 2. The fraction of sp³-hybridized carbons (Fsp3) is 0.263. The van der Waals surface area contributed by atoms with Crippen molar-refractivity contribution >= 4 is 23.2 Å². The summed E-state index contributed by atoms with van der Waals surface area (Å²) >= 11 is 0. The van der Waals surface area contributed by atoms with Crippen molar-refractivity contribution in [2.45, 2.75) is 12.8 Å². The number of rotatable bonds is 5. The highest BCUT2D eigenvalue weighted by molar-refractivity contribution is 5.97. The first-order valence-corrected chi connectivity index (χ1v) is 8.03. The molecule has 0 aromatic heterocycles. The highest BCUT2D eigenvalue weighted by atomic mass is 16.5. The van der Waals surface area contributed by atoms with Gasteiger partial charge in [-0.2, -0.15) is 0 Å². The average molecular weight is 340 g/mol. The van der Waals surface area contributed by atoms with Crippen LogP contribution in [0.2, 0.25) is 0 Å². The molecule has 6 nitrogen and oxygen atoms in total. The van der Waals surface area contributed by atoms with Crippen LogP contribution in [0.25, 0.3) is 0 Å². The second-order valence-electron chi connectivity index (χ2n) is 5.81. The predicted molar refractivity (Wildman–Crippen MR) is 95.3 cm³/mol. The van der Waals surface area contributed by atoms with Gasteiger partial charge in [0.25, 0.3) is 5.91 Å². The molecule has 0 saturated heterocycles. The highest BCUT2D eigenvalue weighted by Crippen LogP contribution is 2.29. The summed E-state index contributed by atoms with van der Waals surface area (Å²) in [7, 11) is 3.34. The molecule has 0 spiro atoms. The molecular formula is C19H20N2O4. The third-order valence-corrected chi connectivity index (χ3v) is 4.12. The van der Waals surface area contributed by atoms with Crippen molar-refractivity contribution in [1.82, 2.24) is 0 Å². The number of methoxy groups -OCH3 is 1. The number of nitrogens with one attached hydrogen (secondary N) is 1. The lowest BCUT2D eigenvalue weighted by molar-refractivity contribution is -0.119. The largest absolute Gasteiger partial charge is 0.497 e. The van der Waals surface area contributed by atoms with Crippen molar-refractivity contribution in [3.05, 3.63) is 48.0 Å². The smallest absolute Gasteiger partial charge is 0.262 e. The van der Waals surface area contributed by atoms with Gasteiger partial charge in [0, 0.05) is 30.9 Å². The molecule has 0 fully saturated rings. The molecule has 130 valence electrons. The summed E-state index contributed by atoms with van der Waals surface area (Å²) < 4.78 is 10.6. The van der Waals surface area contributed by atoms with E-state index in [4.69, 9.17) is 9.47 Å². The van der Waals surface area contributed by atoms with Crippen LogP contribution >= 0.6 is 0 Å². The van der Waals surface area contributed by atoms with Crippen molar-refractivity contribution in [2.75, 3.05) is 31.0 Å². The van der Waals surface area contributed by atoms with E-state index in [2.05, 4.69) is 5.32 Å². The van der Waals surface area contributed by atoms with Gasteiger partial charge in [0.05, 0.1) is 7.11 Å². The van der Waals surface area contributed by atoms with E-state index in [0.717, 1.165) is 11.3 Å². The number of anilines is 2. The number of carbonyl (C=O) groups is 2. The van der Waals surface area contributed by atoms with E-state index in [-0.39, 0.29) is 18.4 Å². The van der Waals surface area contributed by atoms with Gasteiger partial charge in [0.1, 0.15) is 11.5 Å². The molecule has 0 unspecified atom stereocenters. The monoisotopic (exact) mass is 340 g/mol. The summed E-state index contributed by atoms with van der Waals surface area (Å²) in [6.07, 6.45) is 1.17. The topological polar surface area (TPSA) is 67.9 Å². The molecular weight excluding hydrogens is 320 g/mol. The van der Waals surface area contributed by atoms with E-state index in [1.54, 1.807) is 43.3 Å². The van der Waals surface area contributed by atoms with E-state index in [1.807, 2.05) is 18.2 Å². The van der Waals surface area contributed by atoms with Gasteiger partial charge in [0.15, 0.2) is 6.61 Å². The summed E-state index contributed by atoms with van der Waals surface area (Å²) in [6, 6.07) is 12.6. The molecule has 0 radical (unpaired) electrons. The molecule has 25 heavy (non-hydrogen) atoms. The molecule has 2 aromatic rings. The Kier molecular flexibility index (Phi) is 4.88. The van der Waals surface area contributed by atoms with Crippen LogP contribution in [0.1, 0.15) is 12.0 Å². The standard InChI is InChI=1S/C19H20N2O4/c1-21-17-8-7-14(10-13(17)6-9-19(21)23)20-18(22)12-25-16-5-3-4-15(11-16)24-2/h3-5,7-8,10-11H,6,9,12H2,1-2H3,(H,20,22). The van der Waals surface area contributed by atoms with E-state index >= 15 is 0 Å². The van der Waals surface area contributed by atoms with E-state index in [1.165, 1.54) is 0 Å². The average Bonchev–Trinajstić information content (AvgIpc) is 2.63. The lowest BCUT2D eigenvalue weighted by Gasteiger charge is -2.26. The summed E-state index contributed by atoms with van der Waals surface area (Å²) in [5.74, 6) is 1.10. The second-order valence-corrected chi connectivity index (χ2v) is 5.81. The molecule has 2 aromatic carbocycles. The van der Waals surface area contributed by atoms with E-state index < -0.39 is 0 Å². The maximum atomic E-state index is 12.1. The van der Waals surface area contributed by atoms with Crippen molar-refractivity contribution in [3.63, 3.8) is 0 Å². The number of hydrogen-bond donors (Lipinski definition) is 1. The zero-order valence-electron chi connectivity index (χ0n) is 14.2. The molecule has 1 heterocycles. The van der Waals surface area contributed by atoms with Gasteiger partial charge in [-0.15, -0.1) is 0 Å². The summed E-state index contributed by atoms with van der Waals surface area (Å²) in [5, 5.41) is 2.82. The van der Waals surface area contributed by atoms with Gasteiger partial charge < -0.3 is 19.7 Å². The number of hydrogen-bond acceptors (Lipinski definition) is 4. The van der Waals surface area contributed by atoms with Crippen LogP contribution in [0.15, 0.2) is 42.5 Å². The minimum Gasteiger partial charge on any atom is -0.497 e. The zero-order chi connectivity index (χ0) is 17.8. The Morgan fingerprint density at radius 2 is 1.96 bits per heavy atom. The molecule has 1 aliphatic heterocycles. The summed E-state index contributed by atoms with van der Waals surface area (Å²) in [6.45, 7) is -0.0946. The van der Waals surface area contributed by atoms with E-state index in [9.17, 15) is 9.59 Å². The lowest BCUT2D eigenvalue weighted by atomic mass is 10.0. The number of fused-ring (bicyclic) bond motifs is 1. The molecule has 0 bridgehead atoms. The molecule has 0 aliphatic carbocycles. The molecule has 0 atom stereocenters. The minimum absolute atomic E-state index is 0.0946. The van der Waals surface area contributed by atoms with E-state index in [0.29, 0.717) is 30.0 Å². The first kappa shape index (κ1) is 16.8. The van der Waals surface area contributed by atoms with Crippen LogP contribution in [-0.2, 0) is 16.0 Å². The molecule has 6 heteroatoms. The van der Waals surface area contributed by atoms with Crippen molar-refractivity contribution < 1.29 is 19.1 Å². The Morgan fingerprint density at radius 3 is 2.76 bits per heavy atom. The van der Waals surface area contributed by atoms with Gasteiger partial charge in [-0.3, -0.25) is 9.59 Å². The fourth-order valence-electron chi connectivity index (χ4n) is 2.77. The molecule has 3 rings (SSSR count). The van der Waals surface area contributed by atoms with Gasteiger partial charge in [0.2, 0.25) is 5.91 Å². The quantitative estimate of drug-likeness (QED) is 0.908. The Bertz CT molecular complexity index is 804. The van der Waals surface area contributed by atoms with Crippen molar-refractivity contribution in [2.24, 2.45) is 0 Å². The van der Waals surface area contributed by atoms with Gasteiger partial charge >= 0.3 is 0 Å². The summed E-state index contributed by atoms with van der Waals surface area (Å²) in [4.78, 5) is 25.5. The number of amides is 2. The summed E-state index contributed by atoms with van der Waals surface area (Å²) in [5.41, 5.74) is 2.64. The Morgan fingerprint density at radius 1 is 1.16 bits per heavy atom. The van der Waals surface area contributed by atoms with Gasteiger partial charge in [-0.25, -0.2) is 0 Å². The third kappa shape index (κ3) is 3.91. The second kappa shape index (κ2) is 7.25. The van der Waals surface area contributed by atoms with Crippen molar-refractivity contribution in [1.29, 1.82) is 0 Å². The normalized spacial score (nSPS) is 13.2. The molecule has 2 amide bonds. The van der Waals surface area contributed by atoms with Crippen LogP contribution in [0.4, 0.5) is 11.4 Å². The maximum Gasteiger partial charge on any atom is 0.262 e. The van der Waals surface area contributed by atoms with Crippen LogP contribution < -0.4 is 19.7 Å². The fourth-order valence-corrected chi connectivity index (χ4v) is 2.77.